The van der Waals surface area contributed by atoms with Crippen molar-refractivity contribution >= 4 is 29.7 Å². The van der Waals surface area contributed by atoms with Crippen LogP contribution in [0.1, 0.15) is 47.0 Å². The largest absolute Gasteiger partial charge is 0.469 e. The zero-order valence-corrected chi connectivity index (χ0v) is 26.5. The van der Waals surface area contributed by atoms with E-state index in [0.29, 0.717) is 12.8 Å². The fourth-order valence-electron chi connectivity index (χ4n) is 10.4. The maximum absolute atomic E-state index is 14.0. The summed E-state index contributed by atoms with van der Waals surface area (Å²) in [6.07, 6.45) is 3.04. The SMILES string of the molecule is COC(=O)CC[C@H]1[C@]2(C)C3=C(C)[C@H](C4=CC5OC4C(C(=O)OC)=C5C(=O)OC)C[C@@H]3O[C@@H]2[C@@H]2OC(=O)[C@]3(C)C=CC(=O)[C@@]1(C)C23. The Bertz CT molecular complexity index is 1580. The van der Waals surface area contributed by atoms with Crippen molar-refractivity contribution in [3.05, 3.63) is 46.1 Å². The second-order valence-corrected chi connectivity index (χ2v) is 13.9. The van der Waals surface area contributed by atoms with Gasteiger partial charge in [0.15, 0.2) is 5.78 Å². The number of methoxy groups -OCH3 is 3. The maximum atomic E-state index is 14.0. The zero-order chi connectivity index (χ0) is 32.4. The van der Waals surface area contributed by atoms with Gasteiger partial charge in [-0.05, 0) is 55.9 Å². The number of ether oxygens (including phenoxy) is 6. The number of ketones is 1. The van der Waals surface area contributed by atoms with Gasteiger partial charge in [0.25, 0.3) is 0 Å². The number of rotatable bonds is 6. The summed E-state index contributed by atoms with van der Waals surface area (Å²) in [7, 11) is 3.86. The molecule has 0 aromatic carbocycles. The third kappa shape index (κ3) is 3.56. The summed E-state index contributed by atoms with van der Waals surface area (Å²) in [5.41, 5.74) is 0.405. The summed E-state index contributed by atoms with van der Waals surface area (Å²) < 4.78 is 34.1. The molecule has 0 amide bonds. The van der Waals surface area contributed by atoms with E-state index in [1.165, 1.54) is 27.4 Å². The van der Waals surface area contributed by atoms with Gasteiger partial charge in [0, 0.05) is 29.1 Å². The molecule has 4 aliphatic heterocycles. The summed E-state index contributed by atoms with van der Waals surface area (Å²) in [6, 6.07) is 0. The van der Waals surface area contributed by atoms with Crippen molar-refractivity contribution in [3.8, 4) is 0 Å². The molecule has 3 aliphatic carbocycles. The van der Waals surface area contributed by atoms with Gasteiger partial charge in [-0.15, -0.1) is 0 Å². The quantitative estimate of drug-likeness (QED) is 0.245. The first-order valence-corrected chi connectivity index (χ1v) is 15.4. The van der Waals surface area contributed by atoms with Gasteiger partial charge < -0.3 is 28.4 Å². The van der Waals surface area contributed by atoms with Crippen LogP contribution in [0.5, 0.6) is 0 Å². The van der Waals surface area contributed by atoms with Crippen molar-refractivity contribution < 1.29 is 52.4 Å². The first-order chi connectivity index (χ1) is 21.3. The minimum atomic E-state index is -1.02. The van der Waals surface area contributed by atoms with E-state index in [0.717, 1.165) is 16.7 Å². The number of hydrogen-bond acceptors (Lipinski definition) is 11. The molecule has 0 spiro atoms. The molecule has 1 saturated carbocycles. The van der Waals surface area contributed by atoms with Crippen LogP contribution in [0.4, 0.5) is 0 Å². The molecule has 3 fully saturated rings. The van der Waals surface area contributed by atoms with E-state index < -0.39 is 58.5 Å². The van der Waals surface area contributed by atoms with Gasteiger partial charge in [0.1, 0.15) is 24.4 Å². The van der Waals surface area contributed by atoms with Crippen molar-refractivity contribution in [1.29, 1.82) is 0 Å². The molecule has 0 aromatic rings. The van der Waals surface area contributed by atoms with Crippen molar-refractivity contribution in [2.24, 2.45) is 34.0 Å². The molecule has 11 atom stereocenters. The third-order valence-electron chi connectivity index (χ3n) is 12.2. The van der Waals surface area contributed by atoms with Gasteiger partial charge in [-0.1, -0.05) is 25.5 Å². The minimum Gasteiger partial charge on any atom is -0.469 e. The van der Waals surface area contributed by atoms with Crippen LogP contribution in [0.3, 0.4) is 0 Å². The van der Waals surface area contributed by atoms with E-state index in [4.69, 9.17) is 28.4 Å². The molecule has 0 aromatic heterocycles. The highest BCUT2D eigenvalue weighted by Gasteiger charge is 2.77. The van der Waals surface area contributed by atoms with E-state index in [1.807, 2.05) is 26.8 Å². The monoisotopic (exact) mass is 622 g/mol. The van der Waals surface area contributed by atoms with E-state index in [2.05, 4.69) is 6.92 Å². The minimum absolute atomic E-state index is 0.0912. The van der Waals surface area contributed by atoms with Gasteiger partial charge in [-0.2, -0.15) is 0 Å². The van der Waals surface area contributed by atoms with E-state index >= 15 is 0 Å². The molecule has 4 heterocycles. The number of allylic oxidation sites excluding steroid dienone is 2. The molecule has 11 heteroatoms. The fraction of sp³-hybridized carbons (Fsp3) is 0.618. The Labute approximate surface area is 260 Å². The van der Waals surface area contributed by atoms with Gasteiger partial charge >= 0.3 is 23.9 Å². The molecule has 7 aliphatic rings. The lowest BCUT2D eigenvalue weighted by molar-refractivity contribution is -0.188. The summed E-state index contributed by atoms with van der Waals surface area (Å²) in [6.45, 7) is 7.86. The number of carbonyl (C=O) groups is 5. The third-order valence-corrected chi connectivity index (χ3v) is 12.2. The Balaban J connectivity index is 1.33. The summed E-state index contributed by atoms with van der Waals surface area (Å²) >= 11 is 0. The Morgan fingerprint density at radius 3 is 2.31 bits per heavy atom. The number of carbonyl (C=O) groups excluding carboxylic acids is 5. The predicted octanol–water partition coefficient (Wildman–Crippen LogP) is 2.72. The van der Waals surface area contributed by atoms with E-state index in [-0.39, 0.29) is 53.2 Å². The molecule has 7 rings (SSSR count). The zero-order valence-electron chi connectivity index (χ0n) is 26.5. The van der Waals surface area contributed by atoms with E-state index in [9.17, 15) is 24.0 Å². The highest BCUT2D eigenvalue weighted by atomic mass is 16.6. The van der Waals surface area contributed by atoms with Crippen LogP contribution in [-0.4, -0.2) is 81.5 Å². The highest BCUT2D eigenvalue weighted by Crippen LogP contribution is 2.72. The predicted molar refractivity (Wildman–Crippen MR) is 154 cm³/mol. The lowest BCUT2D eigenvalue weighted by Gasteiger charge is -2.59. The Morgan fingerprint density at radius 1 is 0.956 bits per heavy atom. The average molecular weight is 623 g/mol. The smallest absolute Gasteiger partial charge is 0.337 e. The Morgan fingerprint density at radius 2 is 1.64 bits per heavy atom. The van der Waals surface area contributed by atoms with Crippen LogP contribution in [0.15, 0.2) is 46.1 Å². The highest BCUT2D eigenvalue weighted by molar-refractivity contribution is 6.04. The van der Waals surface area contributed by atoms with Gasteiger partial charge in [-0.25, -0.2) is 9.59 Å². The van der Waals surface area contributed by atoms with Crippen LogP contribution >= 0.6 is 0 Å². The standard InChI is InChI=1S/C34H38O11/c1-14-15(16-13-17-22(29(37)41-6)23(25(16)43-17)30(38)42-7)12-18-24(14)34(4)19(8-9-21(36)40-5)33(3)20(35)10-11-32(2)27(33)26(28(34)44-18)45-31(32)39/h10-11,13,15,17-19,25-28H,8-9,12H2,1-7H3/t15-,17?,18+,19-,25?,26-,27?,28-,32-,33+,34-/m1/s1. The number of hydrogen-bond donors (Lipinski definition) is 0. The number of esters is 4. The molecule has 240 valence electrons. The molecule has 3 unspecified atom stereocenters. The van der Waals surface area contributed by atoms with Crippen molar-refractivity contribution in [3.63, 3.8) is 0 Å². The second kappa shape index (κ2) is 9.72. The first kappa shape index (κ1) is 30.1. The summed E-state index contributed by atoms with van der Waals surface area (Å²) in [5.74, 6) is -3.15. The summed E-state index contributed by atoms with van der Waals surface area (Å²) in [5, 5.41) is 0. The van der Waals surface area contributed by atoms with Crippen LogP contribution in [-0.2, 0) is 52.4 Å². The molecular formula is C34H38O11. The first-order valence-electron chi connectivity index (χ1n) is 15.4. The van der Waals surface area contributed by atoms with Gasteiger partial charge in [0.05, 0.1) is 44.0 Å². The fourth-order valence-corrected chi connectivity index (χ4v) is 10.4. The lowest BCUT2D eigenvalue weighted by Crippen LogP contribution is -2.65. The lowest BCUT2D eigenvalue weighted by atomic mass is 9.42. The maximum Gasteiger partial charge on any atom is 0.337 e. The van der Waals surface area contributed by atoms with Crippen molar-refractivity contribution in [1.82, 2.24) is 0 Å². The van der Waals surface area contributed by atoms with Crippen LogP contribution in [0.2, 0.25) is 0 Å². The van der Waals surface area contributed by atoms with Crippen LogP contribution < -0.4 is 0 Å². The van der Waals surface area contributed by atoms with E-state index in [1.54, 1.807) is 6.08 Å². The Kier molecular flexibility index (Phi) is 6.50. The van der Waals surface area contributed by atoms with Gasteiger partial charge in [0.2, 0.25) is 0 Å². The topological polar surface area (TPSA) is 141 Å². The molecule has 45 heavy (non-hydrogen) atoms. The average Bonchev–Trinajstić information content (AvgIpc) is 3.80. The molecule has 2 saturated heterocycles. The van der Waals surface area contributed by atoms with Crippen LogP contribution in [0.25, 0.3) is 0 Å². The number of fused-ring (bicyclic) bond motifs is 6. The molecular weight excluding hydrogens is 584 g/mol. The molecule has 0 N–H and O–H groups in total. The summed E-state index contributed by atoms with van der Waals surface area (Å²) in [4.78, 5) is 65.4. The molecule has 2 bridgehead atoms. The molecule has 11 nitrogen and oxygen atoms in total. The normalized spacial score (nSPS) is 43.6. The molecule has 0 radical (unpaired) electrons. The van der Waals surface area contributed by atoms with Gasteiger partial charge in [-0.3, -0.25) is 14.4 Å². The van der Waals surface area contributed by atoms with Crippen molar-refractivity contribution in [2.75, 3.05) is 21.3 Å². The van der Waals surface area contributed by atoms with Crippen LogP contribution in [0, 0.1) is 34.0 Å². The van der Waals surface area contributed by atoms with Crippen molar-refractivity contribution in [2.45, 2.75) is 77.5 Å². The second-order valence-electron chi connectivity index (χ2n) is 13.9. The Hall–Kier alpha value is -3.57.